The molecule has 29 heavy (non-hydrogen) atoms. The summed E-state index contributed by atoms with van der Waals surface area (Å²) >= 11 is 7.64. The minimum absolute atomic E-state index is 0.0297. The molecule has 2 aromatic heterocycles. The predicted octanol–water partition coefficient (Wildman–Crippen LogP) is 3.91. The van der Waals surface area contributed by atoms with Crippen LogP contribution in [0.4, 0.5) is 10.2 Å². The van der Waals surface area contributed by atoms with E-state index in [2.05, 4.69) is 15.3 Å². The molecule has 0 bridgehead atoms. The van der Waals surface area contributed by atoms with Gasteiger partial charge >= 0.3 is 0 Å². The molecule has 1 aliphatic heterocycles. The molecule has 1 aromatic carbocycles. The minimum atomic E-state index is -0.384. The van der Waals surface area contributed by atoms with Crippen LogP contribution in [0, 0.1) is 19.7 Å². The average Bonchev–Trinajstić information content (AvgIpc) is 3.36. The highest BCUT2D eigenvalue weighted by Crippen LogP contribution is 2.32. The van der Waals surface area contributed by atoms with Crippen LogP contribution in [0.5, 0.6) is 0 Å². The number of nitrogens with two attached hydrogens (primary N) is 1. The molecule has 0 aliphatic carbocycles. The van der Waals surface area contributed by atoms with Crippen LogP contribution in [0.25, 0.3) is 0 Å². The third kappa shape index (κ3) is 4.03. The highest BCUT2D eigenvalue weighted by Gasteiger charge is 2.31. The molecule has 1 aliphatic rings. The predicted molar refractivity (Wildman–Crippen MR) is 115 cm³/mol. The summed E-state index contributed by atoms with van der Waals surface area (Å²) in [6.45, 7) is 6.39. The van der Waals surface area contributed by atoms with Crippen LogP contribution < -0.4 is 10.7 Å². The first-order valence-electron chi connectivity index (χ1n) is 9.12. The van der Waals surface area contributed by atoms with Crippen LogP contribution in [-0.2, 0) is 6.54 Å². The van der Waals surface area contributed by atoms with Crippen molar-refractivity contribution in [3.05, 3.63) is 64.3 Å². The van der Waals surface area contributed by atoms with E-state index in [-0.39, 0.29) is 17.4 Å². The first-order chi connectivity index (χ1) is 13.8. The lowest BCUT2D eigenvalue weighted by molar-refractivity contribution is 0.591. The molecule has 0 amide bonds. The Morgan fingerprint density at radius 1 is 1.24 bits per heavy atom. The molecule has 4 rings (SSSR count). The number of hydrogen-bond donors (Lipinski definition) is 1. The van der Waals surface area contributed by atoms with Gasteiger partial charge in [-0.15, -0.1) is 0 Å². The second-order valence-corrected chi connectivity index (χ2v) is 8.49. The molecule has 2 atom stereocenters. The second-order valence-electron chi connectivity index (χ2n) is 6.95. The van der Waals surface area contributed by atoms with Crippen molar-refractivity contribution in [2.45, 2.75) is 38.9 Å². The maximum Gasteiger partial charge on any atom is 0.173 e. The van der Waals surface area contributed by atoms with E-state index in [1.807, 2.05) is 37.6 Å². The fraction of sp³-hybridized carbons (Fsp3) is 0.316. The summed E-state index contributed by atoms with van der Waals surface area (Å²) in [5.41, 5.74) is 8.60. The summed E-state index contributed by atoms with van der Waals surface area (Å²) in [5, 5.41) is 16.8. The molecule has 2 unspecified atom stereocenters. The summed E-state index contributed by atoms with van der Waals surface area (Å²) < 4.78 is 17.1. The van der Waals surface area contributed by atoms with Crippen molar-refractivity contribution < 1.29 is 4.39 Å². The van der Waals surface area contributed by atoms with Crippen molar-refractivity contribution >= 4 is 34.2 Å². The van der Waals surface area contributed by atoms with Gasteiger partial charge in [-0.25, -0.2) is 9.40 Å². The lowest BCUT2D eigenvalue weighted by Gasteiger charge is -2.15. The molecule has 7 nitrogen and oxygen atoms in total. The molecular formula is C19H21ClFN7S. The molecule has 0 spiro atoms. The topological polar surface area (TPSA) is 77.3 Å². The monoisotopic (exact) mass is 433 g/mol. The van der Waals surface area contributed by atoms with E-state index < -0.39 is 0 Å². The first-order valence-corrected chi connectivity index (χ1v) is 10.4. The summed E-state index contributed by atoms with van der Waals surface area (Å²) in [6, 6.07) is 8.12. The SMILES string of the molecule is Cc1cc(C)n(C(C)C2=NN(c3ccn(Cc4cc(F)ccc4Cl)n3)C(N)S2)n1. The van der Waals surface area contributed by atoms with Gasteiger partial charge in [-0.05, 0) is 50.6 Å². The van der Waals surface area contributed by atoms with Gasteiger partial charge in [0.25, 0.3) is 0 Å². The van der Waals surface area contributed by atoms with Crippen molar-refractivity contribution in [1.29, 1.82) is 0 Å². The van der Waals surface area contributed by atoms with E-state index in [4.69, 9.17) is 17.3 Å². The van der Waals surface area contributed by atoms with E-state index in [9.17, 15) is 4.39 Å². The molecule has 0 fully saturated rings. The average molecular weight is 434 g/mol. The zero-order valence-corrected chi connectivity index (χ0v) is 17.8. The zero-order chi connectivity index (χ0) is 20.7. The van der Waals surface area contributed by atoms with Crippen molar-refractivity contribution in [3.63, 3.8) is 0 Å². The maximum absolute atomic E-state index is 13.5. The van der Waals surface area contributed by atoms with Crippen LogP contribution in [0.15, 0.2) is 41.6 Å². The molecule has 2 N–H and O–H groups in total. The fourth-order valence-electron chi connectivity index (χ4n) is 3.27. The van der Waals surface area contributed by atoms with Crippen LogP contribution >= 0.6 is 23.4 Å². The third-order valence-electron chi connectivity index (χ3n) is 4.66. The van der Waals surface area contributed by atoms with E-state index in [1.54, 1.807) is 22.0 Å². The zero-order valence-electron chi connectivity index (χ0n) is 16.3. The van der Waals surface area contributed by atoms with Gasteiger partial charge in [0.15, 0.2) is 11.3 Å². The molecule has 0 saturated heterocycles. The highest BCUT2D eigenvalue weighted by molar-refractivity contribution is 8.14. The Morgan fingerprint density at radius 3 is 2.76 bits per heavy atom. The number of anilines is 1. The summed E-state index contributed by atoms with van der Waals surface area (Å²) in [4.78, 5) is 0. The number of aryl methyl sites for hydroxylation is 2. The fourth-order valence-corrected chi connectivity index (χ4v) is 4.38. The molecular weight excluding hydrogens is 413 g/mol. The smallest absolute Gasteiger partial charge is 0.173 e. The summed E-state index contributed by atoms with van der Waals surface area (Å²) in [7, 11) is 0. The van der Waals surface area contributed by atoms with Gasteiger partial charge in [0.05, 0.1) is 18.3 Å². The van der Waals surface area contributed by atoms with Gasteiger partial charge < -0.3 is 5.73 Å². The number of halogens is 2. The normalized spacial score (nSPS) is 17.7. The number of aromatic nitrogens is 4. The van der Waals surface area contributed by atoms with Crippen LogP contribution in [0.2, 0.25) is 5.02 Å². The highest BCUT2D eigenvalue weighted by atomic mass is 35.5. The van der Waals surface area contributed by atoms with Gasteiger partial charge in [0.2, 0.25) is 0 Å². The third-order valence-corrected chi connectivity index (χ3v) is 6.13. The van der Waals surface area contributed by atoms with Gasteiger partial charge in [-0.2, -0.15) is 15.3 Å². The van der Waals surface area contributed by atoms with E-state index >= 15 is 0 Å². The molecule has 3 heterocycles. The number of hydrogen-bond acceptors (Lipinski definition) is 6. The number of rotatable bonds is 5. The lowest BCUT2D eigenvalue weighted by atomic mass is 10.2. The van der Waals surface area contributed by atoms with Gasteiger partial charge in [0.1, 0.15) is 10.9 Å². The van der Waals surface area contributed by atoms with Gasteiger partial charge in [0, 0.05) is 23.0 Å². The Labute approximate surface area is 177 Å². The Hall–Kier alpha value is -2.36. The Morgan fingerprint density at radius 2 is 2.03 bits per heavy atom. The second kappa shape index (κ2) is 7.81. The lowest BCUT2D eigenvalue weighted by Crippen LogP contribution is -2.32. The Kier molecular flexibility index (Phi) is 5.37. The number of thioether (sulfide) groups is 1. The molecule has 152 valence electrons. The Balaban J connectivity index is 1.54. The number of nitrogens with zero attached hydrogens (tertiary/aromatic N) is 6. The quantitative estimate of drug-likeness (QED) is 0.660. The van der Waals surface area contributed by atoms with Crippen molar-refractivity contribution in [1.82, 2.24) is 19.6 Å². The van der Waals surface area contributed by atoms with E-state index in [1.165, 1.54) is 23.9 Å². The van der Waals surface area contributed by atoms with Crippen molar-refractivity contribution in [3.8, 4) is 0 Å². The van der Waals surface area contributed by atoms with Crippen LogP contribution in [-0.4, -0.2) is 30.1 Å². The van der Waals surface area contributed by atoms with Crippen LogP contribution in [0.1, 0.15) is 29.9 Å². The largest absolute Gasteiger partial charge is 0.301 e. The summed E-state index contributed by atoms with van der Waals surface area (Å²) in [5.74, 6) is 0.287. The van der Waals surface area contributed by atoms with Crippen molar-refractivity contribution in [2.75, 3.05) is 5.01 Å². The Bertz CT molecular complexity index is 1080. The van der Waals surface area contributed by atoms with Gasteiger partial charge in [-0.3, -0.25) is 9.36 Å². The molecule has 10 heteroatoms. The standard InChI is InChI=1S/C19H21ClFN7S/c1-11-8-12(2)27(23-11)13(3)18-25-28(19(22)29-18)17-6-7-26(24-17)10-14-9-15(21)4-5-16(14)20/h4-9,13,19H,10,22H2,1-3H3. The maximum atomic E-state index is 13.5. The van der Waals surface area contributed by atoms with Crippen LogP contribution in [0.3, 0.4) is 0 Å². The van der Waals surface area contributed by atoms with Crippen molar-refractivity contribution in [2.24, 2.45) is 10.8 Å². The minimum Gasteiger partial charge on any atom is -0.301 e. The first kappa shape index (κ1) is 19.9. The van der Waals surface area contributed by atoms with E-state index in [0.717, 1.165) is 16.4 Å². The number of benzene rings is 1. The molecule has 3 aromatic rings. The molecule has 0 saturated carbocycles. The summed E-state index contributed by atoms with van der Waals surface area (Å²) in [6.07, 6.45) is 1.80. The van der Waals surface area contributed by atoms with E-state index in [0.29, 0.717) is 22.9 Å². The van der Waals surface area contributed by atoms with Gasteiger partial charge in [-0.1, -0.05) is 23.4 Å². The number of hydrazone groups is 1. The molecule has 0 radical (unpaired) electrons.